The summed E-state index contributed by atoms with van der Waals surface area (Å²) in [5.41, 5.74) is 0.604. The van der Waals surface area contributed by atoms with Gasteiger partial charge in [0.1, 0.15) is 5.69 Å². The molecule has 1 aromatic carbocycles. The maximum atomic E-state index is 11.2. The first kappa shape index (κ1) is 15.1. The Morgan fingerprint density at radius 1 is 1.55 bits per heavy atom. The van der Waals surface area contributed by atoms with Crippen molar-refractivity contribution in [2.24, 2.45) is 0 Å². The summed E-state index contributed by atoms with van der Waals surface area (Å²) >= 11 is 6.23. The first-order valence-corrected chi connectivity index (χ1v) is 7.31. The van der Waals surface area contributed by atoms with E-state index in [4.69, 9.17) is 11.6 Å². The minimum absolute atomic E-state index is 0.0733. The number of halogens is 1. The third-order valence-corrected chi connectivity index (χ3v) is 3.96. The van der Waals surface area contributed by atoms with Gasteiger partial charge in [0.25, 0.3) is 5.69 Å². The van der Waals surface area contributed by atoms with Crippen molar-refractivity contribution in [3.05, 3.63) is 33.3 Å². The van der Waals surface area contributed by atoms with Crippen LogP contribution < -0.4 is 10.2 Å². The standard InChI is InChI=1S/C14H20ClN3O2/c1-10(2)17(9-11-5-4-8-16-11)14-12(15)6-3-7-13(14)18(19)20/h3,6-7,10-11,16H,4-5,8-9H2,1-2H3. The molecule has 0 amide bonds. The minimum atomic E-state index is -0.362. The van der Waals surface area contributed by atoms with Crippen LogP contribution in [0.15, 0.2) is 18.2 Å². The summed E-state index contributed by atoms with van der Waals surface area (Å²) in [6.07, 6.45) is 2.25. The summed E-state index contributed by atoms with van der Waals surface area (Å²) in [6, 6.07) is 5.36. The highest BCUT2D eigenvalue weighted by Crippen LogP contribution is 2.36. The molecule has 2 rings (SSSR count). The molecule has 1 unspecified atom stereocenters. The van der Waals surface area contributed by atoms with Crippen LogP contribution in [0.3, 0.4) is 0 Å². The Morgan fingerprint density at radius 2 is 2.30 bits per heavy atom. The monoisotopic (exact) mass is 297 g/mol. The fourth-order valence-corrected chi connectivity index (χ4v) is 2.92. The van der Waals surface area contributed by atoms with Gasteiger partial charge >= 0.3 is 0 Å². The average molecular weight is 298 g/mol. The molecule has 1 aliphatic rings. The van der Waals surface area contributed by atoms with E-state index in [1.807, 2.05) is 18.7 Å². The Balaban J connectivity index is 2.35. The zero-order chi connectivity index (χ0) is 14.7. The van der Waals surface area contributed by atoms with Gasteiger partial charge in [-0.25, -0.2) is 0 Å². The van der Waals surface area contributed by atoms with Gasteiger partial charge in [-0.1, -0.05) is 17.7 Å². The highest BCUT2D eigenvalue weighted by Gasteiger charge is 2.27. The second-order valence-electron chi connectivity index (χ2n) is 5.40. The number of benzene rings is 1. The number of para-hydroxylation sites is 1. The van der Waals surface area contributed by atoms with Gasteiger partial charge < -0.3 is 10.2 Å². The molecule has 0 aromatic heterocycles. The minimum Gasteiger partial charge on any atom is -0.361 e. The smallest absolute Gasteiger partial charge is 0.294 e. The lowest BCUT2D eigenvalue weighted by Crippen LogP contribution is -2.41. The Labute approximate surface area is 124 Å². The summed E-state index contributed by atoms with van der Waals surface area (Å²) in [7, 11) is 0. The number of nitrogens with zero attached hydrogens (tertiary/aromatic N) is 2. The number of nitro benzene ring substituents is 1. The summed E-state index contributed by atoms with van der Waals surface area (Å²) in [4.78, 5) is 12.9. The molecule has 1 atom stereocenters. The SMILES string of the molecule is CC(C)N(CC1CCCN1)c1c(Cl)cccc1[N+](=O)[O-]. The highest BCUT2D eigenvalue weighted by atomic mass is 35.5. The van der Waals surface area contributed by atoms with Crippen molar-refractivity contribution in [3.8, 4) is 0 Å². The molecule has 20 heavy (non-hydrogen) atoms. The van der Waals surface area contributed by atoms with Gasteiger partial charge in [0, 0.05) is 24.7 Å². The van der Waals surface area contributed by atoms with E-state index < -0.39 is 0 Å². The van der Waals surface area contributed by atoms with Gasteiger partial charge in [-0.15, -0.1) is 0 Å². The molecule has 0 radical (unpaired) electrons. The van der Waals surface area contributed by atoms with Crippen molar-refractivity contribution in [1.29, 1.82) is 0 Å². The third kappa shape index (κ3) is 3.22. The van der Waals surface area contributed by atoms with Gasteiger partial charge in [0.15, 0.2) is 0 Å². The van der Waals surface area contributed by atoms with E-state index in [0.29, 0.717) is 16.8 Å². The normalized spacial score (nSPS) is 18.5. The van der Waals surface area contributed by atoms with E-state index in [0.717, 1.165) is 25.9 Å². The predicted molar refractivity (Wildman–Crippen MR) is 81.6 cm³/mol. The van der Waals surface area contributed by atoms with E-state index in [2.05, 4.69) is 5.32 Å². The van der Waals surface area contributed by atoms with Crippen molar-refractivity contribution >= 4 is 23.0 Å². The van der Waals surface area contributed by atoms with Crippen LogP contribution in [-0.2, 0) is 0 Å². The lowest BCUT2D eigenvalue weighted by atomic mass is 10.1. The Hall–Kier alpha value is -1.33. The molecule has 1 aliphatic heterocycles. The van der Waals surface area contributed by atoms with Crippen LogP contribution in [-0.4, -0.2) is 30.1 Å². The number of hydrogen-bond acceptors (Lipinski definition) is 4. The number of nitrogens with one attached hydrogen (secondary N) is 1. The van der Waals surface area contributed by atoms with Crippen molar-refractivity contribution in [1.82, 2.24) is 5.32 Å². The number of hydrogen-bond donors (Lipinski definition) is 1. The molecule has 5 nitrogen and oxygen atoms in total. The molecule has 110 valence electrons. The van der Waals surface area contributed by atoms with Crippen LogP contribution in [0.1, 0.15) is 26.7 Å². The number of rotatable bonds is 5. The molecule has 1 saturated heterocycles. The first-order valence-electron chi connectivity index (χ1n) is 6.93. The van der Waals surface area contributed by atoms with E-state index in [1.54, 1.807) is 12.1 Å². The van der Waals surface area contributed by atoms with E-state index in [9.17, 15) is 10.1 Å². The van der Waals surface area contributed by atoms with Crippen LogP contribution in [0.2, 0.25) is 5.02 Å². The molecule has 1 fully saturated rings. The van der Waals surface area contributed by atoms with Crippen LogP contribution in [0.5, 0.6) is 0 Å². The summed E-state index contributed by atoms with van der Waals surface area (Å²) in [6.45, 7) is 5.81. The quantitative estimate of drug-likeness (QED) is 0.670. The lowest BCUT2D eigenvalue weighted by molar-refractivity contribution is -0.384. The van der Waals surface area contributed by atoms with E-state index >= 15 is 0 Å². The topological polar surface area (TPSA) is 58.4 Å². The van der Waals surface area contributed by atoms with Crippen LogP contribution in [0.4, 0.5) is 11.4 Å². The Kier molecular flexibility index (Phi) is 4.83. The molecule has 0 spiro atoms. The summed E-state index contributed by atoms with van der Waals surface area (Å²) in [5, 5.41) is 15.1. The van der Waals surface area contributed by atoms with Gasteiger partial charge in [-0.2, -0.15) is 0 Å². The average Bonchev–Trinajstić information content (AvgIpc) is 2.88. The summed E-state index contributed by atoms with van der Waals surface area (Å²) < 4.78 is 0. The number of anilines is 1. The zero-order valence-electron chi connectivity index (χ0n) is 11.8. The van der Waals surface area contributed by atoms with Crippen molar-refractivity contribution in [3.63, 3.8) is 0 Å². The van der Waals surface area contributed by atoms with Gasteiger partial charge in [-0.3, -0.25) is 10.1 Å². The molecular weight excluding hydrogens is 278 g/mol. The lowest BCUT2D eigenvalue weighted by Gasteiger charge is -2.31. The van der Waals surface area contributed by atoms with Gasteiger partial charge in [0.2, 0.25) is 0 Å². The highest BCUT2D eigenvalue weighted by molar-refractivity contribution is 6.33. The maximum absolute atomic E-state index is 11.2. The zero-order valence-corrected chi connectivity index (χ0v) is 12.6. The second-order valence-corrected chi connectivity index (χ2v) is 5.81. The first-order chi connectivity index (χ1) is 9.50. The number of nitro groups is 1. The van der Waals surface area contributed by atoms with Gasteiger partial charge in [-0.05, 0) is 39.3 Å². The van der Waals surface area contributed by atoms with Crippen LogP contribution in [0, 0.1) is 10.1 Å². The van der Waals surface area contributed by atoms with E-state index in [1.165, 1.54) is 6.07 Å². The van der Waals surface area contributed by atoms with Gasteiger partial charge in [0.05, 0.1) is 9.95 Å². The Bertz CT molecular complexity index is 487. The van der Waals surface area contributed by atoms with Crippen molar-refractivity contribution in [2.45, 2.75) is 38.8 Å². The molecule has 1 N–H and O–H groups in total. The largest absolute Gasteiger partial charge is 0.361 e. The van der Waals surface area contributed by atoms with Crippen molar-refractivity contribution < 1.29 is 4.92 Å². The van der Waals surface area contributed by atoms with Crippen LogP contribution >= 0.6 is 11.6 Å². The molecule has 0 saturated carbocycles. The second kappa shape index (κ2) is 6.41. The molecule has 1 heterocycles. The van der Waals surface area contributed by atoms with Crippen molar-refractivity contribution in [2.75, 3.05) is 18.0 Å². The molecule has 6 heteroatoms. The molecular formula is C14H20ClN3O2. The fourth-order valence-electron chi connectivity index (χ4n) is 2.65. The molecule has 0 aliphatic carbocycles. The molecule has 0 bridgehead atoms. The predicted octanol–water partition coefficient (Wildman–Crippen LogP) is 3.22. The third-order valence-electron chi connectivity index (χ3n) is 3.65. The van der Waals surface area contributed by atoms with Crippen LogP contribution in [0.25, 0.3) is 0 Å². The van der Waals surface area contributed by atoms with E-state index in [-0.39, 0.29) is 16.7 Å². The Morgan fingerprint density at radius 3 is 2.85 bits per heavy atom. The maximum Gasteiger partial charge on any atom is 0.294 e. The molecule has 1 aromatic rings. The fraction of sp³-hybridized carbons (Fsp3) is 0.571. The summed E-state index contributed by atoms with van der Waals surface area (Å²) in [5.74, 6) is 0.